The number of halogens is 2. The highest BCUT2D eigenvalue weighted by Gasteiger charge is 2.39. The Hall–Kier alpha value is -2.29. The SMILES string of the molecule is CC(=O)c1nn(CC(=O)[C@H]2C[C@H](F)CN2C(=O)O)c2ccc(Br)cc12. The summed E-state index contributed by atoms with van der Waals surface area (Å²) in [6, 6.07) is 4.17. The zero-order valence-electron chi connectivity index (χ0n) is 13.3. The smallest absolute Gasteiger partial charge is 0.408 e. The summed E-state index contributed by atoms with van der Waals surface area (Å²) in [5, 5.41) is 13.9. The van der Waals surface area contributed by atoms with E-state index in [1.54, 1.807) is 18.2 Å². The minimum absolute atomic E-state index is 0.157. The van der Waals surface area contributed by atoms with Crippen LogP contribution >= 0.6 is 15.9 Å². The number of Topliss-reactive ketones (excluding diaryl/α,β-unsaturated/α-hetero) is 2. The first-order valence-corrected chi connectivity index (χ1v) is 8.40. The molecule has 1 aliphatic heterocycles. The molecule has 2 heterocycles. The van der Waals surface area contributed by atoms with Gasteiger partial charge in [-0.25, -0.2) is 9.18 Å². The van der Waals surface area contributed by atoms with Gasteiger partial charge in [0.05, 0.1) is 18.1 Å². The van der Waals surface area contributed by atoms with Crippen LogP contribution in [-0.2, 0) is 11.3 Å². The Morgan fingerprint density at radius 1 is 1.40 bits per heavy atom. The number of carbonyl (C=O) groups is 3. The van der Waals surface area contributed by atoms with E-state index in [1.807, 2.05) is 0 Å². The maximum atomic E-state index is 13.6. The Balaban J connectivity index is 1.94. The van der Waals surface area contributed by atoms with Crippen molar-refractivity contribution in [3.63, 3.8) is 0 Å². The normalized spacial score (nSPS) is 20.2. The van der Waals surface area contributed by atoms with Crippen molar-refractivity contribution >= 4 is 44.5 Å². The second-order valence-corrected chi connectivity index (χ2v) is 6.89. The fraction of sp³-hybridized carbons (Fsp3) is 0.375. The molecule has 1 fully saturated rings. The standard InChI is InChI=1S/C16H15BrFN3O4/c1-8(22)15-11-4-9(17)2-3-12(11)21(19-15)7-14(23)13-5-10(18)6-20(13)16(24)25/h2-4,10,13H,5-7H2,1H3,(H,24,25)/t10-,13+/m0/s1. The maximum absolute atomic E-state index is 13.6. The molecule has 132 valence electrons. The Kier molecular flexibility index (Phi) is 4.59. The summed E-state index contributed by atoms with van der Waals surface area (Å²) < 4.78 is 15.7. The van der Waals surface area contributed by atoms with Crippen molar-refractivity contribution in [2.75, 3.05) is 6.54 Å². The largest absolute Gasteiger partial charge is 0.465 e. The first-order valence-electron chi connectivity index (χ1n) is 7.61. The zero-order valence-corrected chi connectivity index (χ0v) is 14.9. The minimum Gasteiger partial charge on any atom is -0.465 e. The van der Waals surface area contributed by atoms with Crippen LogP contribution in [0.5, 0.6) is 0 Å². The van der Waals surface area contributed by atoms with Crippen LogP contribution in [0, 0.1) is 0 Å². The average Bonchev–Trinajstić information content (AvgIpc) is 3.08. The third kappa shape index (κ3) is 3.28. The molecule has 9 heteroatoms. The zero-order chi connectivity index (χ0) is 18.3. The molecule has 0 spiro atoms. The number of benzene rings is 1. The van der Waals surface area contributed by atoms with Crippen molar-refractivity contribution < 1.29 is 23.9 Å². The van der Waals surface area contributed by atoms with Crippen LogP contribution < -0.4 is 0 Å². The molecule has 2 atom stereocenters. The Morgan fingerprint density at radius 2 is 2.12 bits per heavy atom. The van der Waals surface area contributed by atoms with Crippen LogP contribution in [0.15, 0.2) is 22.7 Å². The molecule has 1 aromatic carbocycles. The molecule has 0 aliphatic carbocycles. The van der Waals surface area contributed by atoms with Gasteiger partial charge in [-0.05, 0) is 18.2 Å². The van der Waals surface area contributed by atoms with Gasteiger partial charge >= 0.3 is 6.09 Å². The van der Waals surface area contributed by atoms with Crippen LogP contribution in [-0.4, -0.2) is 56.2 Å². The molecule has 25 heavy (non-hydrogen) atoms. The number of alkyl halides is 1. The van der Waals surface area contributed by atoms with Gasteiger partial charge in [-0.3, -0.25) is 19.2 Å². The van der Waals surface area contributed by atoms with E-state index >= 15 is 0 Å². The van der Waals surface area contributed by atoms with E-state index in [9.17, 15) is 18.8 Å². The van der Waals surface area contributed by atoms with Gasteiger partial charge in [-0.15, -0.1) is 0 Å². The highest BCUT2D eigenvalue weighted by molar-refractivity contribution is 9.10. The fourth-order valence-corrected chi connectivity index (χ4v) is 3.45. The Morgan fingerprint density at radius 3 is 2.76 bits per heavy atom. The number of hydrogen-bond donors (Lipinski definition) is 1. The number of carboxylic acid groups (broad SMARTS) is 1. The number of aromatic nitrogens is 2. The van der Waals surface area contributed by atoms with Gasteiger partial charge in [0.25, 0.3) is 0 Å². The predicted molar refractivity (Wildman–Crippen MR) is 90.5 cm³/mol. The van der Waals surface area contributed by atoms with E-state index in [0.29, 0.717) is 10.9 Å². The molecule has 0 unspecified atom stereocenters. The third-order valence-corrected chi connectivity index (χ3v) is 4.71. The van der Waals surface area contributed by atoms with Crippen LogP contribution in [0.25, 0.3) is 10.9 Å². The van der Waals surface area contributed by atoms with Gasteiger partial charge < -0.3 is 5.11 Å². The lowest BCUT2D eigenvalue weighted by Gasteiger charge is -2.19. The number of ketones is 2. The van der Waals surface area contributed by atoms with E-state index in [4.69, 9.17) is 5.11 Å². The highest BCUT2D eigenvalue weighted by atomic mass is 79.9. The van der Waals surface area contributed by atoms with Crippen LogP contribution in [0.3, 0.4) is 0 Å². The van der Waals surface area contributed by atoms with Gasteiger partial charge in [0.1, 0.15) is 18.4 Å². The summed E-state index contributed by atoms with van der Waals surface area (Å²) in [6.45, 7) is 0.843. The summed E-state index contributed by atoms with van der Waals surface area (Å²) in [4.78, 5) is 36.4. The second-order valence-electron chi connectivity index (χ2n) is 5.97. The van der Waals surface area contributed by atoms with Crippen molar-refractivity contribution in [1.82, 2.24) is 14.7 Å². The molecule has 0 bridgehead atoms. The molecule has 1 amide bonds. The lowest BCUT2D eigenvalue weighted by atomic mass is 10.1. The van der Waals surface area contributed by atoms with E-state index in [1.165, 1.54) is 11.6 Å². The molecule has 1 aliphatic rings. The predicted octanol–water partition coefficient (Wildman–Crippen LogP) is 2.66. The monoisotopic (exact) mass is 411 g/mol. The number of rotatable bonds is 4. The molecule has 1 N–H and O–H groups in total. The molecular weight excluding hydrogens is 397 g/mol. The third-order valence-electron chi connectivity index (χ3n) is 4.22. The lowest BCUT2D eigenvalue weighted by Crippen LogP contribution is -2.41. The van der Waals surface area contributed by atoms with Crippen LogP contribution in [0.2, 0.25) is 0 Å². The number of carbonyl (C=O) groups excluding carboxylic acids is 2. The summed E-state index contributed by atoms with van der Waals surface area (Å²) in [5.74, 6) is -0.698. The first kappa shape index (κ1) is 17.5. The molecule has 3 rings (SSSR count). The van der Waals surface area contributed by atoms with Crippen molar-refractivity contribution in [3.05, 3.63) is 28.4 Å². The number of amides is 1. The number of likely N-dealkylation sites (tertiary alicyclic amines) is 1. The quantitative estimate of drug-likeness (QED) is 0.780. The van der Waals surface area contributed by atoms with Crippen LogP contribution in [0.1, 0.15) is 23.8 Å². The number of fused-ring (bicyclic) bond motifs is 1. The van der Waals surface area contributed by atoms with Crippen molar-refractivity contribution in [3.8, 4) is 0 Å². The molecule has 7 nitrogen and oxygen atoms in total. The van der Waals surface area contributed by atoms with Gasteiger partial charge in [0.15, 0.2) is 11.6 Å². The number of hydrogen-bond acceptors (Lipinski definition) is 4. The van der Waals surface area contributed by atoms with Gasteiger partial charge in [-0.1, -0.05) is 15.9 Å². The lowest BCUT2D eigenvalue weighted by molar-refractivity contribution is -0.123. The van der Waals surface area contributed by atoms with Crippen LogP contribution in [0.4, 0.5) is 9.18 Å². The summed E-state index contributed by atoms with van der Waals surface area (Å²) >= 11 is 3.33. The Bertz CT molecular complexity index is 882. The minimum atomic E-state index is -1.36. The van der Waals surface area contributed by atoms with E-state index < -0.39 is 24.1 Å². The molecular formula is C16H15BrFN3O4. The molecule has 2 aromatic rings. The Labute approximate surface area is 150 Å². The van der Waals surface area contributed by atoms with Crippen molar-refractivity contribution in [2.45, 2.75) is 32.1 Å². The van der Waals surface area contributed by atoms with E-state index in [2.05, 4.69) is 21.0 Å². The highest BCUT2D eigenvalue weighted by Crippen LogP contribution is 2.25. The van der Waals surface area contributed by atoms with Crippen molar-refractivity contribution in [1.29, 1.82) is 0 Å². The summed E-state index contributed by atoms with van der Waals surface area (Å²) in [5.41, 5.74) is 0.812. The van der Waals surface area contributed by atoms with Gasteiger partial charge in [0.2, 0.25) is 0 Å². The fourth-order valence-electron chi connectivity index (χ4n) is 3.09. The second kappa shape index (κ2) is 6.55. The maximum Gasteiger partial charge on any atom is 0.408 e. The van der Waals surface area contributed by atoms with Gasteiger partial charge in [0, 0.05) is 23.2 Å². The van der Waals surface area contributed by atoms with Crippen molar-refractivity contribution in [2.24, 2.45) is 0 Å². The topological polar surface area (TPSA) is 92.5 Å². The molecule has 1 saturated heterocycles. The average molecular weight is 412 g/mol. The summed E-state index contributed by atoms with van der Waals surface area (Å²) in [6.07, 6.45) is -2.84. The first-order chi connectivity index (χ1) is 11.8. The van der Waals surface area contributed by atoms with E-state index in [0.717, 1.165) is 9.37 Å². The number of nitrogens with zero attached hydrogens (tertiary/aromatic N) is 3. The molecule has 0 saturated carbocycles. The molecule has 1 aromatic heterocycles. The molecule has 0 radical (unpaired) electrons. The summed E-state index contributed by atoms with van der Waals surface area (Å²) in [7, 11) is 0. The van der Waals surface area contributed by atoms with E-state index in [-0.39, 0.29) is 31.0 Å². The van der Waals surface area contributed by atoms with Gasteiger partial charge in [-0.2, -0.15) is 5.10 Å².